The first-order valence-electron chi connectivity index (χ1n) is 8.41. The normalized spacial score (nSPS) is 10.2. The number of benzene rings is 2. The van der Waals surface area contributed by atoms with Crippen molar-refractivity contribution in [2.75, 3.05) is 32.0 Å². The highest BCUT2D eigenvalue weighted by molar-refractivity contribution is 5.62. The summed E-state index contributed by atoms with van der Waals surface area (Å²) in [7, 11) is 4.87. The van der Waals surface area contributed by atoms with E-state index in [2.05, 4.69) is 20.6 Å². The van der Waals surface area contributed by atoms with Gasteiger partial charge in [-0.25, -0.2) is 4.98 Å². The average molecular weight is 366 g/mol. The lowest BCUT2D eigenvalue weighted by Crippen LogP contribution is -2.05. The van der Waals surface area contributed by atoms with Gasteiger partial charge in [-0.1, -0.05) is 18.2 Å². The van der Waals surface area contributed by atoms with Crippen molar-refractivity contribution in [2.24, 2.45) is 0 Å². The minimum Gasteiger partial charge on any atom is -0.495 e. The minimum atomic E-state index is 0.483. The van der Waals surface area contributed by atoms with Crippen molar-refractivity contribution in [1.82, 2.24) is 9.97 Å². The van der Waals surface area contributed by atoms with Gasteiger partial charge in [-0.2, -0.15) is 4.98 Å². The quantitative estimate of drug-likeness (QED) is 0.627. The summed E-state index contributed by atoms with van der Waals surface area (Å²) in [6.45, 7) is 0.589. The van der Waals surface area contributed by atoms with Gasteiger partial charge in [-0.05, 0) is 35.9 Å². The predicted molar refractivity (Wildman–Crippen MR) is 105 cm³/mol. The Hall–Kier alpha value is -3.48. The average Bonchev–Trinajstić information content (AvgIpc) is 2.72. The molecule has 3 aromatic rings. The molecule has 0 fully saturated rings. The number of anilines is 3. The Morgan fingerprint density at radius 1 is 0.852 bits per heavy atom. The molecule has 27 heavy (non-hydrogen) atoms. The van der Waals surface area contributed by atoms with E-state index in [0.29, 0.717) is 29.8 Å². The standard InChI is InChI=1S/C20H22N4O3/c1-25-16-7-5-4-6-15(16)23-20-21-11-10-19(24-20)22-13-14-8-9-17(26-2)18(12-14)27-3/h4-12H,13H2,1-3H3,(H2,21,22,23,24). The predicted octanol–water partition coefficient (Wildman–Crippen LogP) is 3.86. The van der Waals surface area contributed by atoms with Gasteiger partial charge in [0.25, 0.3) is 0 Å². The Morgan fingerprint density at radius 3 is 2.41 bits per heavy atom. The highest BCUT2D eigenvalue weighted by Gasteiger charge is 2.07. The second-order valence-corrected chi connectivity index (χ2v) is 5.63. The molecule has 7 nitrogen and oxygen atoms in total. The number of ether oxygens (including phenoxy) is 3. The lowest BCUT2D eigenvalue weighted by Gasteiger charge is -2.12. The van der Waals surface area contributed by atoms with Gasteiger partial charge in [-0.3, -0.25) is 0 Å². The van der Waals surface area contributed by atoms with Crippen molar-refractivity contribution >= 4 is 17.5 Å². The van der Waals surface area contributed by atoms with Crippen LogP contribution in [-0.2, 0) is 6.54 Å². The van der Waals surface area contributed by atoms with Crippen LogP contribution in [0.15, 0.2) is 54.7 Å². The third-order valence-corrected chi connectivity index (χ3v) is 3.93. The Kier molecular flexibility index (Phi) is 5.94. The van der Waals surface area contributed by atoms with Crippen LogP contribution in [0.1, 0.15) is 5.56 Å². The van der Waals surface area contributed by atoms with Gasteiger partial charge in [0.1, 0.15) is 11.6 Å². The smallest absolute Gasteiger partial charge is 0.229 e. The number of para-hydroxylation sites is 2. The van der Waals surface area contributed by atoms with Crippen LogP contribution in [0, 0.1) is 0 Å². The fourth-order valence-corrected chi connectivity index (χ4v) is 2.57. The van der Waals surface area contributed by atoms with Gasteiger partial charge in [0.2, 0.25) is 5.95 Å². The van der Waals surface area contributed by atoms with Crippen molar-refractivity contribution in [1.29, 1.82) is 0 Å². The van der Waals surface area contributed by atoms with Crippen molar-refractivity contribution in [2.45, 2.75) is 6.54 Å². The summed E-state index contributed by atoms with van der Waals surface area (Å²) >= 11 is 0. The van der Waals surface area contributed by atoms with Gasteiger partial charge >= 0.3 is 0 Å². The molecule has 0 unspecified atom stereocenters. The molecule has 2 aromatic carbocycles. The first-order chi connectivity index (χ1) is 13.2. The number of nitrogens with zero attached hydrogens (tertiary/aromatic N) is 2. The number of nitrogens with one attached hydrogen (secondary N) is 2. The number of methoxy groups -OCH3 is 3. The SMILES string of the molecule is COc1ccccc1Nc1nccc(NCc2ccc(OC)c(OC)c2)n1. The van der Waals surface area contributed by atoms with Crippen LogP contribution in [0.4, 0.5) is 17.5 Å². The zero-order valence-corrected chi connectivity index (χ0v) is 15.5. The third-order valence-electron chi connectivity index (χ3n) is 3.93. The molecule has 0 radical (unpaired) electrons. The first kappa shape index (κ1) is 18.3. The highest BCUT2D eigenvalue weighted by Crippen LogP contribution is 2.28. The van der Waals surface area contributed by atoms with Crippen LogP contribution in [0.25, 0.3) is 0 Å². The molecule has 0 atom stereocenters. The van der Waals surface area contributed by atoms with E-state index < -0.39 is 0 Å². The molecule has 1 aromatic heterocycles. The first-order valence-corrected chi connectivity index (χ1v) is 8.41. The fraction of sp³-hybridized carbons (Fsp3) is 0.200. The minimum absolute atomic E-state index is 0.483. The van der Waals surface area contributed by atoms with Gasteiger partial charge in [0.05, 0.1) is 27.0 Å². The van der Waals surface area contributed by atoms with E-state index in [9.17, 15) is 0 Å². The largest absolute Gasteiger partial charge is 0.495 e. The van der Waals surface area contributed by atoms with Crippen LogP contribution >= 0.6 is 0 Å². The van der Waals surface area contributed by atoms with E-state index >= 15 is 0 Å². The van der Waals surface area contributed by atoms with Crippen molar-refractivity contribution in [3.63, 3.8) is 0 Å². The van der Waals surface area contributed by atoms with Crippen LogP contribution in [0.3, 0.4) is 0 Å². The van der Waals surface area contributed by atoms with E-state index in [1.54, 1.807) is 27.5 Å². The summed E-state index contributed by atoms with van der Waals surface area (Å²) in [6.07, 6.45) is 1.70. The summed E-state index contributed by atoms with van der Waals surface area (Å²) in [5.74, 6) is 3.31. The molecule has 0 spiro atoms. The lowest BCUT2D eigenvalue weighted by molar-refractivity contribution is 0.354. The topological polar surface area (TPSA) is 77.5 Å². The zero-order chi connectivity index (χ0) is 19.1. The van der Waals surface area contributed by atoms with E-state index in [-0.39, 0.29) is 0 Å². The maximum atomic E-state index is 5.34. The van der Waals surface area contributed by atoms with Gasteiger partial charge in [-0.15, -0.1) is 0 Å². The van der Waals surface area contributed by atoms with E-state index in [0.717, 1.165) is 17.0 Å². The fourth-order valence-electron chi connectivity index (χ4n) is 2.57. The monoisotopic (exact) mass is 366 g/mol. The molecule has 3 rings (SSSR count). The molecular formula is C20H22N4O3. The van der Waals surface area contributed by atoms with Crippen molar-refractivity contribution in [3.05, 3.63) is 60.3 Å². The third kappa shape index (κ3) is 4.58. The molecule has 0 aliphatic carbocycles. The number of aromatic nitrogens is 2. The second kappa shape index (κ2) is 8.75. The Bertz CT molecular complexity index is 902. The molecular weight excluding hydrogens is 344 g/mol. The Balaban J connectivity index is 1.69. The van der Waals surface area contributed by atoms with Crippen LogP contribution in [-0.4, -0.2) is 31.3 Å². The van der Waals surface area contributed by atoms with Gasteiger partial charge in [0, 0.05) is 12.7 Å². The number of hydrogen-bond donors (Lipinski definition) is 2. The zero-order valence-electron chi connectivity index (χ0n) is 15.5. The molecule has 0 saturated carbocycles. The van der Waals surface area contributed by atoms with E-state index in [4.69, 9.17) is 14.2 Å². The maximum Gasteiger partial charge on any atom is 0.229 e. The van der Waals surface area contributed by atoms with Gasteiger partial charge in [0.15, 0.2) is 11.5 Å². The molecule has 7 heteroatoms. The molecule has 0 bridgehead atoms. The molecule has 0 amide bonds. The summed E-state index contributed by atoms with van der Waals surface area (Å²) in [5.41, 5.74) is 1.85. The second-order valence-electron chi connectivity index (χ2n) is 5.63. The van der Waals surface area contributed by atoms with Gasteiger partial charge < -0.3 is 24.8 Å². The molecule has 1 heterocycles. The number of rotatable bonds is 8. The summed E-state index contributed by atoms with van der Waals surface area (Å²) in [4.78, 5) is 8.75. The molecule has 2 N–H and O–H groups in total. The van der Waals surface area contributed by atoms with Crippen LogP contribution in [0.2, 0.25) is 0 Å². The Labute approximate surface area is 158 Å². The summed E-state index contributed by atoms with van der Waals surface area (Å²) in [6, 6.07) is 15.2. The lowest BCUT2D eigenvalue weighted by atomic mass is 10.2. The maximum absolute atomic E-state index is 5.34. The van der Waals surface area contributed by atoms with Crippen LogP contribution in [0.5, 0.6) is 17.2 Å². The summed E-state index contributed by atoms with van der Waals surface area (Å²) < 4.78 is 15.9. The molecule has 0 aliphatic rings. The van der Waals surface area contributed by atoms with Crippen molar-refractivity contribution in [3.8, 4) is 17.2 Å². The van der Waals surface area contributed by atoms with Crippen LogP contribution < -0.4 is 24.8 Å². The molecule has 140 valence electrons. The summed E-state index contributed by atoms with van der Waals surface area (Å²) in [5, 5.41) is 6.46. The van der Waals surface area contributed by atoms with Crippen molar-refractivity contribution < 1.29 is 14.2 Å². The highest BCUT2D eigenvalue weighted by atomic mass is 16.5. The molecule has 0 aliphatic heterocycles. The molecule has 0 saturated heterocycles. The Morgan fingerprint density at radius 2 is 1.63 bits per heavy atom. The van der Waals surface area contributed by atoms with E-state index in [1.807, 2.05) is 48.5 Å². The number of hydrogen-bond acceptors (Lipinski definition) is 7. The van der Waals surface area contributed by atoms with E-state index in [1.165, 1.54) is 0 Å².